The third-order valence-electron chi connectivity index (χ3n) is 5.13. The van der Waals surface area contributed by atoms with E-state index in [1.807, 2.05) is 43.3 Å². The Hall–Kier alpha value is -2.73. The van der Waals surface area contributed by atoms with Gasteiger partial charge >= 0.3 is 0 Å². The number of benzene rings is 2. The fourth-order valence-corrected chi connectivity index (χ4v) is 3.72. The number of para-hydroxylation sites is 1. The van der Waals surface area contributed by atoms with Crippen LogP contribution in [-0.2, 0) is 0 Å². The zero-order chi connectivity index (χ0) is 19.8. The molecule has 2 heterocycles. The average molecular weight is 437 g/mol. The lowest BCUT2D eigenvalue weighted by Crippen LogP contribution is -2.23. The molecule has 1 N–H and O–H groups in total. The van der Waals surface area contributed by atoms with Crippen LogP contribution < -0.4 is 5.56 Å². The molecule has 0 radical (unpaired) electrons. The highest BCUT2D eigenvalue weighted by Gasteiger charge is 2.16. The van der Waals surface area contributed by atoms with Crippen molar-refractivity contribution in [3.8, 4) is 0 Å². The van der Waals surface area contributed by atoms with E-state index in [0.29, 0.717) is 16.7 Å². The molecule has 6 heteroatoms. The molecule has 4 aromatic rings. The van der Waals surface area contributed by atoms with Crippen LogP contribution in [0.3, 0.4) is 0 Å². The fraction of sp³-hybridized carbons (Fsp3) is 0.227. The van der Waals surface area contributed by atoms with E-state index < -0.39 is 0 Å². The first-order chi connectivity index (χ1) is 13.5. The van der Waals surface area contributed by atoms with Crippen LogP contribution in [0.25, 0.3) is 21.8 Å². The van der Waals surface area contributed by atoms with Crippen molar-refractivity contribution in [1.82, 2.24) is 14.6 Å². The van der Waals surface area contributed by atoms with E-state index in [9.17, 15) is 4.79 Å². The van der Waals surface area contributed by atoms with Crippen LogP contribution in [0.5, 0.6) is 0 Å². The van der Waals surface area contributed by atoms with Gasteiger partial charge in [-0.1, -0.05) is 48.0 Å². The smallest absolute Gasteiger partial charge is 0.282 e. The van der Waals surface area contributed by atoms with Crippen molar-refractivity contribution in [3.63, 3.8) is 0 Å². The van der Waals surface area contributed by atoms with Gasteiger partial charge < -0.3 is 4.98 Å². The summed E-state index contributed by atoms with van der Waals surface area (Å²) in [6.45, 7) is 6.16. The molecule has 5 nitrogen and oxygen atoms in total. The number of nitrogens with zero attached hydrogens (tertiary/aromatic N) is 3. The zero-order valence-electron chi connectivity index (χ0n) is 16.0. The number of aromatic nitrogens is 3. The first-order valence-corrected chi connectivity index (χ1v) is 10.1. The zero-order valence-corrected chi connectivity index (χ0v) is 17.6. The van der Waals surface area contributed by atoms with Gasteiger partial charge in [-0.2, -0.15) is 9.78 Å². The Balaban J connectivity index is 1.93. The lowest BCUT2D eigenvalue weighted by Gasteiger charge is -2.14. The molecule has 0 bridgehead atoms. The number of halogens is 1. The van der Waals surface area contributed by atoms with E-state index in [0.717, 1.165) is 33.1 Å². The van der Waals surface area contributed by atoms with Gasteiger partial charge in [-0.05, 0) is 37.6 Å². The molecule has 4 rings (SSSR count). The van der Waals surface area contributed by atoms with Crippen molar-refractivity contribution in [2.75, 3.05) is 0 Å². The molecule has 142 valence electrons. The minimum absolute atomic E-state index is 0.113. The Kier molecular flexibility index (Phi) is 4.89. The molecule has 0 saturated carbocycles. The van der Waals surface area contributed by atoms with Crippen molar-refractivity contribution in [3.05, 3.63) is 74.4 Å². The monoisotopic (exact) mass is 436 g/mol. The summed E-state index contributed by atoms with van der Waals surface area (Å²) in [5, 5.41) is 6.22. The Morgan fingerprint density at radius 3 is 2.82 bits per heavy atom. The first kappa shape index (κ1) is 18.6. The van der Waals surface area contributed by atoms with E-state index in [-0.39, 0.29) is 11.5 Å². The molecule has 0 saturated heterocycles. The Bertz CT molecular complexity index is 1270. The van der Waals surface area contributed by atoms with Gasteiger partial charge in [0.25, 0.3) is 5.56 Å². The van der Waals surface area contributed by atoms with Crippen molar-refractivity contribution in [1.29, 1.82) is 0 Å². The normalized spacial score (nSPS) is 13.0. The van der Waals surface area contributed by atoms with Gasteiger partial charge in [0.1, 0.15) is 5.82 Å². The summed E-state index contributed by atoms with van der Waals surface area (Å²) in [7, 11) is 0. The molecule has 0 aliphatic heterocycles. The number of aromatic amines is 1. The molecule has 28 heavy (non-hydrogen) atoms. The average Bonchev–Trinajstić information content (AvgIpc) is 3.02. The van der Waals surface area contributed by atoms with Gasteiger partial charge in [0.15, 0.2) is 0 Å². The fourth-order valence-electron chi connectivity index (χ4n) is 3.36. The van der Waals surface area contributed by atoms with E-state index in [1.165, 1.54) is 4.68 Å². The summed E-state index contributed by atoms with van der Waals surface area (Å²) in [6, 6.07) is 13.6. The number of nitrogens with one attached hydrogen (secondary N) is 1. The molecule has 1 atom stereocenters. The minimum atomic E-state index is -0.157. The van der Waals surface area contributed by atoms with Gasteiger partial charge in [-0.15, -0.1) is 0 Å². The van der Waals surface area contributed by atoms with Gasteiger partial charge in [0, 0.05) is 32.6 Å². The maximum Gasteiger partial charge on any atom is 0.282 e. The lowest BCUT2D eigenvalue weighted by atomic mass is 10.1. The second kappa shape index (κ2) is 7.36. The van der Waals surface area contributed by atoms with E-state index in [2.05, 4.69) is 39.9 Å². The lowest BCUT2D eigenvalue weighted by molar-refractivity contribution is 0.613. The van der Waals surface area contributed by atoms with Crippen LogP contribution in [-0.4, -0.2) is 20.9 Å². The van der Waals surface area contributed by atoms with Crippen LogP contribution in [0.1, 0.15) is 43.3 Å². The predicted molar refractivity (Wildman–Crippen MR) is 118 cm³/mol. The van der Waals surface area contributed by atoms with E-state index in [4.69, 9.17) is 4.98 Å². The molecular weight excluding hydrogens is 416 g/mol. The molecule has 0 unspecified atom stereocenters. The first-order valence-electron chi connectivity index (χ1n) is 9.33. The van der Waals surface area contributed by atoms with Crippen LogP contribution in [0.4, 0.5) is 0 Å². The minimum Gasteiger partial charge on any atom is -0.358 e. The number of fused-ring (bicyclic) bond motifs is 2. The standard InChI is InChI=1S/C22H21BrN4O/c1-4-13(2)21-26-20-10-9-15(23)11-17(20)22(28)27(21)24-12-18-14(3)25-19-8-6-5-7-16(18)19/h5-13,25H,4H2,1-3H3/t13-/m0/s1. The summed E-state index contributed by atoms with van der Waals surface area (Å²) in [6.07, 6.45) is 2.63. The number of aryl methyl sites for hydroxylation is 1. The molecule has 0 aliphatic rings. The third-order valence-corrected chi connectivity index (χ3v) is 5.63. The van der Waals surface area contributed by atoms with Gasteiger partial charge in [-0.25, -0.2) is 4.98 Å². The van der Waals surface area contributed by atoms with Crippen LogP contribution in [0, 0.1) is 6.92 Å². The molecular formula is C22H21BrN4O. The Morgan fingerprint density at radius 1 is 1.25 bits per heavy atom. The van der Waals surface area contributed by atoms with Gasteiger partial charge in [0.05, 0.1) is 17.1 Å². The summed E-state index contributed by atoms with van der Waals surface area (Å²) in [4.78, 5) is 21.3. The second-order valence-corrected chi connectivity index (χ2v) is 7.93. The SMILES string of the molecule is CC[C@H](C)c1nc2ccc(Br)cc2c(=O)n1N=Cc1c(C)[nH]c2ccccc12. The maximum absolute atomic E-state index is 13.2. The number of hydrogen-bond acceptors (Lipinski definition) is 3. The van der Waals surface area contributed by atoms with Crippen molar-refractivity contribution < 1.29 is 0 Å². The van der Waals surface area contributed by atoms with Gasteiger partial charge in [0.2, 0.25) is 0 Å². The molecule has 2 aromatic heterocycles. The number of H-pyrrole nitrogens is 1. The maximum atomic E-state index is 13.2. The summed E-state index contributed by atoms with van der Waals surface area (Å²) in [5.74, 6) is 0.790. The van der Waals surface area contributed by atoms with Crippen LogP contribution >= 0.6 is 15.9 Å². The molecule has 0 fully saturated rings. The Labute approximate surface area is 171 Å². The second-order valence-electron chi connectivity index (χ2n) is 7.01. The highest BCUT2D eigenvalue weighted by atomic mass is 79.9. The molecule has 0 spiro atoms. The number of hydrogen-bond donors (Lipinski definition) is 1. The van der Waals surface area contributed by atoms with Crippen molar-refractivity contribution in [2.45, 2.75) is 33.1 Å². The Morgan fingerprint density at radius 2 is 2.04 bits per heavy atom. The molecule has 2 aromatic carbocycles. The number of rotatable bonds is 4. The van der Waals surface area contributed by atoms with Crippen molar-refractivity contribution >= 4 is 44.0 Å². The largest absolute Gasteiger partial charge is 0.358 e. The highest BCUT2D eigenvalue weighted by Crippen LogP contribution is 2.22. The van der Waals surface area contributed by atoms with Crippen LogP contribution in [0.15, 0.2) is 56.8 Å². The van der Waals surface area contributed by atoms with E-state index in [1.54, 1.807) is 12.3 Å². The molecule has 0 aliphatic carbocycles. The third kappa shape index (κ3) is 3.18. The highest BCUT2D eigenvalue weighted by molar-refractivity contribution is 9.10. The summed E-state index contributed by atoms with van der Waals surface area (Å²) >= 11 is 3.44. The summed E-state index contributed by atoms with van der Waals surface area (Å²) < 4.78 is 2.29. The summed E-state index contributed by atoms with van der Waals surface area (Å²) in [5.41, 5.74) is 3.58. The van der Waals surface area contributed by atoms with E-state index >= 15 is 0 Å². The van der Waals surface area contributed by atoms with Crippen LogP contribution in [0.2, 0.25) is 0 Å². The quantitative estimate of drug-likeness (QED) is 0.438. The van der Waals surface area contributed by atoms with Crippen molar-refractivity contribution in [2.24, 2.45) is 5.10 Å². The topological polar surface area (TPSA) is 63.0 Å². The predicted octanol–water partition coefficient (Wildman–Crippen LogP) is 5.34. The molecule has 0 amide bonds. The van der Waals surface area contributed by atoms with Gasteiger partial charge in [-0.3, -0.25) is 4.79 Å².